The highest BCUT2D eigenvalue weighted by atomic mass is 32.1. The van der Waals surface area contributed by atoms with Gasteiger partial charge >= 0.3 is 0 Å². The average Bonchev–Trinajstić information content (AvgIpc) is 3.34. The maximum absolute atomic E-state index is 12.8. The molecule has 1 aliphatic carbocycles. The maximum Gasteiger partial charge on any atom is 0.257 e. The van der Waals surface area contributed by atoms with Crippen LogP contribution < -0.4 is 10.2 Å². The summed E-state index contributed by atoms with van der Waals surface area (Å²) in [6.07, 6.45) is 8.02. The summed E-state index contributed by atoms with van der Waals surface area (Å²) in [5.41, 5.74) is 1.42. The van der Waals surface area contributed by atoms with E-state index in [1.165, 1.54) is 37.0 Å². The molecule has 1 N–H and O–H groups in total. The molecule has 0 atom stereocenters. The molecule has 0 unspecified atom stereocenters. The SMILES string of the molecule is CCCN(C(=O)CC1CCCC1)c1ccc(C(=O)Nc2nccs2)cc1. The fraction of sp³-hybridized carbons (Fsp3) is 0.450. The zero-order chi connectivity index (χ0) is 18.4. The van der Waals surface area contributed by atoms with Crippen LogP contribution in [0.3, 0.4) is 0 Å². The Labute approximate surface area is 158 Å². The number of nitrogens with zero attached hydrogens (tertiary/aromatic N) is 2. The van der Waals surface area contributed by atoms with E-state index in [0.717, 1.165) is 12.1 Å². The van der Waals surface area contributed by atoms with Crippen LogP contribution in [0.2, 0.25) is 0 Å². The van der Waals surface area contributed by atoms with Crippen molar-refractivity contribution in [3.63, 3.8) is 0 Å². The van der Waals surface area contributed by atoms with Crippen LogP contribution in [0.15, 0.2) is 35.8 Å². The number of anilines is 2. The number of carbonyl (C=O) groups is 2. The number of amides is 2. The molecule has 1 fully saturated rings. The molecular weight excluding hydrogens is 346 g/mol. The van der Waals surface area contributed by atoms with Crippen molar-refractivity contribution in [1.29, 1.82) is 0 Å². The van der Waals surface area contributed by atoms with E-state index < -0.39 is 0 Å². The summed E-state index contributed by atoms with van der Waals surface area (Å²) in [5.74, 6) is 0.537. The lowest BCUT2D eigenvalue weighted by atomic mass is 10.0. The molecule has 1 aliphatic rings. The number of thiazole rings is 1. The second-order valence-electron chi connectivity index (χ2n) is 6.74. The molecule has 2 aromatic rings. The van der Waals surface area contributed by atoms with E-state index in [-0.39, 0.29) is 11.8 Å². The molecule has 0 radical (unpaired) electrons. The number of nitrogens with one attached hydrogen (secondary N) is 1. The van der Waals surface area contributed by atoms with Gasteiger partial charge in [0.05, 0.1) is 0 Å². The van der Waals surface area contributed by atoms with Crippen LogP contribution in [0.25, 0.3) is 0 Å². The number of benzene rings is 1. The maximum atomic E-state index is 12.8. The van der Waals surface area contributed by atoms with Crippen molar-refractivity contribution in [2.24, 2.45) is 5.92 Å². The summed E-state index contributed by atoms with van der Waals surface area (Å²) in [7, 11) is 0. The Balaban J connectivity index is 1.67. The van der Waals surface area contributed by atoms with Gasteiger partial charge in [-0.15, -0.1) is 11.3 Å². The molecule has 0 saturated heterocycles. The van der Waals surface area contributed by atoms with Crippen molar-refractivity contribution in [2.75, 3.05) is 16.8 Å². The summed E-state index contributed by atoms with van der Waals surface area (Å²) in [6, 6.07) is 7.26. The Morgan fingerprint density at radius 3 is 2.58 bits per heavy atom. The summed E-state index contributed by atoms with van der Waals surface area (Å²) >= 11 is 1.38. The quantitative estimate of drug-likeness (QED) is 0.766. The predicted molar refractivity (Wildman–Crippen MR) is 106 cm³/mol. The first-order valence-electron chi connectivity index (χ1n) is 9.28. The van der Waals surface area contributed by atoms with Gasteiger partial charge in [-0.2, -0.15) is 0 Å². The Hall–Kier alpha value is -2.21. The molecular formula is C20H25N3O2S. The van der Waals surface area contributed by atoms with E-state index >= 15 is 0 Å². The molecule has 138 valence electrons. The molecule has 0 aliphatic heterocycles. The Kier molecular flexibility index (Phi) is 6.39. The molecule has 6 heteroatoms. The minimum absolute atomic E-state index is 0.189. The van der Waals surface area contributed by atoms with Gasteiger partial charge in [0.15, 0.2) is 5.13 Å². The molecule has 1 aromatic heterocycles. The monoisotopic (exact) mass is 371 g/mol. The fourth-order valence-electron chi connectivity index (χ4n) is 3.44. The molecule has 0 bridgehead atoms. The molecule has 3 rings (SSSR count). The van der Waals surface area contributed by atoms with Crippen LogP contribution in [0.5, 0.6) is 0 Å². The topological polar surface area (TPSA) is 62.3 Å². The van der Waals surface area contributed by atoms with Gasteiger partial charge in [-0.05, 0) is 49.4 Å². The number of aromatic nitrogens is 1. The van der Waals surface area contributed by atoms with Crippen molar-refractivity contribution in [1.82, 2.24) is 4.98 Å². The highest BCUT2D eigenvalue weighted by Crippen LogP contribution is 2.29. The summed E-state index contributed by atoms with van der Waals surface area (Å²) in [6.45, 7) is 2.78. The smallest absolute Gasteiger partial charge is 0.257 e. The lowest BCUT2D eigenvalue weighted by molar-refractivity contribution is -0.119. The Morgan fingerprint density at radius 1 is 1.23 bits per heavy atom. The summed E-state index contributed by atoms with van der Waals surface area (Å²) < 4.78 is 0. The van der Waals surface area contributed by atoms with Crippen molar-refractivity contribution in [2.45, 2.75) is 45.4 Å². The van der Waals surface area contributed by atoms with Crippen LogP contribution in [-0.4, -0.2) is 23.3 Å². The van der Waals surface area contributed by atoms with E-state index in [0.29, 0.717) is 29.6 Å². The van der Waals surface area contributed by atoms with Gasteiger partial charge in [-0.3, -0.25) is 14.9 Å². The van der Waals surface area contributed by atoms with Gasteiger partial charge in [0.1, 0.15) is 0 Å². The van der Waals surface area contributed by atoms with Crippen molar-refractivity contribution in [3.05, 3.63) is 41.4 Å². The van der Waals surface area contributed by atoms with Crippen molar-refractivity contribution >= 4 is 34.0 Å². The third-order valence-electron chi connectivity index (χ3n) is 4.78. The summed E-state index contributed by atoms with van der Waals surface area (Å²) in [4.78, 5) is 30.9. The van der Waals surface area contributed by atoms with Gasteiger partial charge in [0.25, 0.3) is 5.91 Å². The zero-order valence-electron chi connectivity index (χ0n) is 15.1. The van der Waals surface area contributed by atoms with Gasteiger partial charge in [-0.1, -0.05) is 19.8 Å². The van der Waals surface area contributed by atoms with Gasteiger partial charge < -0.3 is 4.90 Å². The van der Waals surface area contributed by atoms with Gasteiger partial charge in [-0.25, -0.2) is 4.98 Å². The van der Waals surface area contributed by atoms with Gasteiger partial charge in [0.2, 0.25) is 5.91 Å². The zero-order valence-corrected chi connectivity index (χ0v) is 15.9. The first kappa shape index (κ1) is 18.6. The normalized spacial score (nSPS) is 14.3. The van der Waals surface area contributed by atoms with Crippen LogP contribution in [0, 0.1) is 5.92 Å². The highest BCUT2D eigenvalue weighted by Gasteiger charge is 2.22. The highest BCUT2D eigenvalue weighted by molar-refractivity contribution is 7.13. The van der Waals surface area contributed by atoms with Crippen LogP contribution in [-0.2, 0) is 4.79 Å². The molecule has 26 heavy (non-hydrogen) atoms. The lowest BCUT2D eigenvalue weighted by Gasteiger charge is -2.24. The van der Waals surface area contributed by atoms with E-state index in [9.17, 15) is 9.59 Å². The first-order valence-corrected chi connectivity index (χ1v) is 10.2. The molecule has 2 amide bonds. The third-order valence-corrected chi connectivity index (χ3v) is 5.47. The van der Waals surface area contributed by atoms with Crippen molar-refractivity contribution < 1.29 is 9.59 Å². The Bertz CT molecular complexity index is 722. The Morgan fingerprint density at radius 2 is 1.96 bits per heavy atom. The molecule has 1 heterocycles. The second-order valence-corrected chi connectivity index (χ2v) is 7.63. The summed E-state index contributed by atoms with van der Waals surface area (Å²) in [5, 5.41) is 5.17. The van der Waals surface area contributed by atoms with Crippen LogP contribution in [0.1, 0.15) is 55.8 Å². The first-order chi connectivity index (χ1) is 12.7. The van der Waals surface area contributed by atoms with E-state index in [2.05, 4.69) is 17.2 Å². The van der Waals surface area contributed by atoms with Gasteiger partial charge in [0, 0.05) is 35.8 Å². The standard InChI is InChI=1S/C20H25N3O2S/c1-2-12-23(18(24)14-15-5-3-4-6-15)17-9-7-16(8-10-17)19(25)22-20-21-11-13-26-20/h7-11,13,15H,2-6,12,14H2,1H3,(H,21,22,25). The minimum atomic E-state index is -0.189. The van der Waals surface area contributed by atoms with Crippen LogP contribution in [0.4, 0.5) is 10.8 Å². The number of rotatable bonds is 7. The molecule has 5 nitrogen and oxygen atoms in total. The van der Waals surface area contributed by atoms with Crippen molar-refractivity contribution in [3.8, 4) is 0 Å². The van der Waals surface area contributed by atoms with Crippen LogP contribution >= 0.6 is 11.3 Å². The number of hydrogen-bond acceptors (Lipinski definition) is 4. The average molecular weight is 372 g/mol. The second kappa shape index (κ2) is 8.94. The number of carbonyl (C=O) groups excluding carboxylic acids is 2. The minimum Gasteiger partial charge on any atom is -0.312 e. The lowest BCUT2D eigenvalue weighted by Crippen LogP contribution is -2.32. The molecule has 0 spiro atoms. The molecule has 1 saturated carbocycles. The van der Waals surface area contributed by atoms with E-state index in [4.69, 9.17) is 0 Å². The predicted octanol–water partition coefficient (Wildman–Crippen LogP) is 4.72. The van der Waals surface area contributed by atoms with E-state index in [1.54, 1.807) is 18.3 Å². The fourth-order valence-corrected chi connectivity index (χ4v) is 3.96. The largest absolute Gasteiger partial charge is 0.312 e. The number of hydrogen-bond donors (Lipinski definition) is 1. The molecule has 1 aromatic carbocycles. The third kappa shape index (κ3) is 4.69. The van der Waals surface area contributed by atoms with E-state index in [1.807, 2.05) is 22.4 Å².